The Labute approximate surface area is 191 Å². The van der Waals surface area contributed by atoms with Crippen LogP contribution in [0.15, 0.2) is 35.3 Å². The second kappa shape index (κ2) is 8.13. The molecule has 9 heteroatoms. The van der Waals surface area contributed by atoms with E-state index >= 15 is 0 Å². The maximum Gasteiger partial charge on any atom is 0.263 e. The van der Waals surface area contributed by atoms with E-state index in [9.17, 15) is 14.4 Å². The Balaban J connectivity index is 1.38. The summed E-state index contributed by atoms with van der Waals surface area (Å²) in [4.78, 5) is 44.3. The first kappa shape index (κ1) is 21.4. The van der Waals surface area contributed by atoms with E-state index in [0.29, 0.717) is 44.4 Å². The molecule has 1 fully saturated rings. The van der Waals surface area contributed by atoms with Crippen LogP contribution in [0, 0.1) is 11.8 Å². The third kappa shape index (κ3) is 3.81. The third-order valence-corrected chi connectivity index (χ3v) is 7.01. The molecule has 33 heavy (non-hydrogen) atoms. The van der Waals surface area contributed by atoms with E-state index in [4.69, 9.17) is 0 Å². The maximum atomic E-state index is 13.3. The van der Waals surface area contributed by atoms with Gasteiger partial charge in [0.2, 0.25) is 5.91 Å². The fourth-order valence-corrected chi connectivity index (χ4v) is 4.87. The minimum atomic E-state index is -0.266. The lowest BCUT2D eigenvalue weighted by atomic mass is 9.95. The molecule has 0 saturated carbocycles. The van der Waals surface area contributed by atoms with Crippen LogP contribution in [0.5, 0.6) is 0 Å². The largest absolute Gasteiger partial charge is 0.338 e. The number of carbonyl (C=O) groups is 2. The molecule has 2 aromatic heterocycles. The lowest BCUT2D eigenvalue weighted by molar-refractivity contribution is -0.133. The highest BCUT2D eigenvalue weighted by Gasteiger charge is 2.34. The summed E-state index contributed by atoms with van der Waals surface area (Å²) in [6.07, 6.45) is 2.23. The first-order valence-corrected chi connectivity index (χ1v) is 11.4. The fraction of sp³-hybridized carbons (Fsp3) is 0.458. The molecule has 2 aliphatic heterocycles. The highest BCUT2D eigenvalue weighted by Crippen LogP contribution is 2.26. The molecule has 9 nitrogen and oxygen atoms in total. The van der Waals surface area contributed by atoms with Gasteiger partial charge in [-0.15, -0.1) is 0 Å². The van der Waals surface area contributed by atoms with Crippen LogP contribution in [0.25, 0.3) is 11.0 Å². The second-order valence-electron chi connectivity index (χ2n) is 9.37. The zero-order valence-electron chi connectivity index (χ0n) is 19.2. The van der Waals surface area contributed by atoms with Crippen molar-refractivity contribution in [3.05, 3.63) is 57.5 Å². The number of rotatable bonds is 3. The van der Waals surface area contributed by atoms with Gasteiger partial charge in [-0.2, -0.15) is 15.0 Å². The molecule has 2 amide bonds. The van der Waals surface area contributed by atoms with Crippen LogP contribution in [0.1, 0.15) is 35.3 Å². The monoisotopic (exact) mass is 448 g/mol. The Hall–Kier alpha value is -3.49. The van der Waals surface area contributed by atoms with Gasteiger partial charge in [0.1, 0.15) is 23.1 Å². The predicted molar refractivity (Wildman–Crippen MR) is 123 cm³/mol. The summed E-state index contributed by atoms with van der Waals surface area (Å²) in [5.41, 5.74) is 3.12. The normalized spacial score (nSPS) is 20.3. The van der Waals surface area contributed by atoms with Crippen LogP contribution >= 0.6 is 0 Å². The van der Waals surface area contributed by atoms with Gasteiger partial charge in [-0.05, 0) is 41.5 Å². The first-order valence-electron chi connectivity index (χ1n) is 11.4. The molecule has 2 atom stereocenters. The molecule has 1 saturated heterocycles. The summed E-state index contributed by atoms with van der Waals surface area (Å²) in [5.74, 6) is 0.553. The van der Waals surface area contributed by atoms with Gasteiger partial charge in [0.25, 0.3) is 11.5 Å². The Morgan fingerprint density at radius 3 is 2.30 bits per heavy atom. The molecule has 5 rings (SSSR count). The Morgan fingerprint density at radius 2 is 1.67 bits per heavy atom. The van der Waals surface area contributed by atoms with Crippen LogP contribution < -0.4 is 5.56 Å². The number of aryl methyl sites for hydroxylation is 1. The number of pyridine rings is 1. The molecule has 0 radical (unpaired) electrons. The molecule has 172 valence electrons. The van der Waals surface area contributed by atoms with E-state index in [1.54, 1.807) is 23.0 Å². The Bertz CT molecular complexity index is 1270. The van der Waals surface area contributed by atoms with E-state index in [2.05, 4.69) is 24.0 Å². The summed E-state index contributed by atoms with van der Waals surface area (Å²) in [6, 6.07) is 7.50. The van der Waals surface area contributed by atoms with Crippen LogP contribution in [0.4, 0.5) is 0 Å². The molecule has 0 N–H and O–H groups in total. The minimum absolute atomic E-state index is 0.0467. The maximum absolute atomic E-state index is 13.3. The molecule has 4 heterocycles. The van der Waals surface area contributed by atoms with Crippen molar-refractivity contribution in [1.29, 1.82) is 0 Å². The van der Waals surface area contributed by atoms with E-state index in [0.717, 1.165) is 22.2 Å². The molecule has 2 aliphatic rings. The first-order chi connectivity index (χ1) is 15.8. The van der Waals surface area contributed by atoms with Crippen molar-refractivity contribution in [2.75, 3.05) is 19.6 Å². The zero-order chi connectivity index (χ0) is 23.3. The summed E-state index contributed by atoms with van der Waals surface area (Å²) in [6.45, 7) is 6.47. The van der Waals surface area contributed by atoms with Crippen molar-refractivity contribution in [3.63, 3.8) is 0 Å². The smallest absolute Gasteiger partial charge is 0.263 e. The van der Waals surface area contributed by atoms with Gasteiger partial charge in [-0.1, -0.05) is 26.0 Å². The highest BCUT2D eigenvalue weighted by atomic mass is 16.2. The molecular weight excluding hydrogens is 420 g/mol. The van der Waals surface area contributed by atoms with Crippen LogP contribution in [-0.2, 0) is 31.4 Å². The summed E-state index contributed by atoms with van der Waals surface area (Å²) >= 11 is 0. The molecule has 3 aromatic rings. The number of likely N-dealkylation sites (tertiary alicyclic amines) is 1. The fourth-order valence-electron chi connectivity index (χ4n) is 4.87. The molecular formula is C24H28N6O3. The topological polar surface area (TPSA) is 93.3 Å². The highest BCUT2D eigenvalue weighted by molar-refractivity contribution is 5.96. The summed E-state index contributed by atoms with van der Waals surface area (Å²) in [5, 5.41) is 8.75. The van der Waals surface area contributed by atoms with Gasteiger partial charge in [-0.3, -0.25) is 14.4 Å². The molecule has 0 spiro atoms. The standard InChI is InChI=1S/C24H28N6O3/c1-15-10-29(11-16(15)2)24(33)22-18-8-9-28(13-17(18)12-27(3)23(22)32)21(31)14-30-25-19-6-4-5-7-20(19)26-30/h4-7,12,15-16H,8-11,13-14H2,1-3H3/t15-,16-/m1/s1. The summed E-state index contributed by atoms with van der Waals surface area (Å²) < 4.78 is 1.46. The zero-order valence-corrected chi connectivity index (χ0v) is 19.2. The Morgan fingerprint density at radius 1 is 1.03 bits per heavy atom. The Kier molecular flexibility index (Phi) is 5.26. The number of fused-ring (bicyclic) bond motifs is 2. The molecule has 0 bridgehead atoms. The number of carbonyl (C=O) groups excluding carboxylic acids is 2. The van der Waals surface area contributed by atoms with Gasteiger partial charge in [0.05, 0.1) is 0 Å². The quantitative estimate of drug-likeness (QED) is 0.605. The van der Waals surface area contributed by atoms with Gasteiger partial charge < -0.3 is 14.4 Å². The van der Waals surface area contributed by atoms with Crippen molar-refractivity contribution in [1.82, 2.24) is 29.4 Å². The van der Waals surface area contributed by atoms with Crippen molar-refractivity contribution in [3.8, 4) is 0 Å². The van der Waals surface area contributed by atoms with Gasteiger partial charge in [0.15, 0.2) is 0 Å². The van der Waals surface area contributed by atoms with E-state index < -0.39 is 0 Å². The average Bonchev–Trinajstić information content (AvgIpc) is 3.36. The van der Waals surface area contributed by atoms with Gasteiger partial charge in [-0.25, -0.2) is 0 Å². The number of hydrogen-bond acceptors (Lipinski definition) is 5. The molecule has 0 aliphatic carbocycles. The summed E-state index contributed by atoms with van der Waals surface area (Å²) in [7, 11) is 1.66. The van der Waals surface area contributed by atoms with Gasteiger partial charge in [0, 0.05) is 39.4 Å². The van der Waals surface area contributed by atoms with Crippen molar-refractivity contribution in [2.45, 2.75) is 33.4 Å². The SMILES string of the molecule is C[C@@H]1CN(C(=O)c2c3c(cn(C)c2=O)CN(C(=O)Cn2nc4ccccc4n2)CC3)C[C@H]1C. The van der Waals surface area contributed by atoms with Crippen molar-refractivity contribution in [2.24, 2.45) is 18.9 Å². The predicted octanol–water partition coefficient (Wildman–Crippen LogP) is 1.44. The number of benzene rings is 1. The van der Waals surface area contributed by atoms with Crippen molar-refractivity contribution < 1.29 is 9.59 Å². The molecule has 0 unspecified atom stereocenters. The number of nitrogens with zero attached hydrogens (tertiary/aromatic N) is 6. The third-order valence-electron chi connectivity index (χ3n) is 7.01. The van der Waals surface area contributed by atoms with Crippen LogP contribution in [0.3, 0.4) is 0 Å². The van der Waals surface area contributed by atoms with E-state index in [1.165, 1.54) is 9.36 Å². The number of hydrogen-bond donors (Lipinski definition) is 0. The minimum Gasteiger partial charge on any atom is -0.338 e. The van der Waals surface area contributed by atoms with Gasteiger partial charge >= 0.3 is 0 Å². The lowest BCUT2D eigenvalue weighted by Crippen LogP contribution is -2.42. The molecule has 1 aromatic carbocycles. The lowest BCUT2D eigenvalue weighted by Gasteiger charge is -2.30. The van der Waals surface area contributed by atoms with E-state index in [-0.39, 0.29) is 29.5 Å². The van der Waals surface area contributed by atoms with E-state index in [1.807, 2.05) is 24.3 Å². The number of aromatic nitrogens is 4. The van der Waals surface area contributed by atoms with Crippen LogP contribution in [0.2, 0.25) is 0 Å². The average molecular weight is 449 g/mol. The van der Waals surface area contributed by atoms with Crippen LogP contribution in [-0.4, -0.2) is 60.8 Å². The van der Waals surface area contributed by atoms with Crippen molar-refractivity contribution >= 4 is 22.8 Å². The number of amides is 2. The second-order valence-corrected chi connectivity index (χ2v) is 9.37.